The van der Waals surface area contributed by atoms with Crippen molar-refractivity contribution in [3.8, 4) is 34.8 Å². The Kier molecular flexibility index (Phi) is 6.95. The van der Waals surface area contributed by atoms with Crippen LogP contribution in [0.25, 0.3) is 0 Å². The fraction of sp³-hybridized carbons (Fsp3) is 0.286. The van der Waals surface area contributed by atoms with Gasteiger partial charge in [-0.3, -0.25) is 0 Å². The van der Waals surface area contributed by atoms with Crippen LogP contribution in [-0.4, -0.2) is 40.5 Å². The van der Waals surface area contributed by atoms with Gasteiger partial charge in [0, 0.05) is 5.56 Å². The van der Waals surface area contributed by atoms with Gasteiger partial charge in [0.2, 0.25) is 5.75 Å². The van der Waals surface area contributed by atoms with Gasteiger partial charge in [-0.05, 0) is 43.3 Å². The van der Waals surface area contributed by atoms with Gasteiger partial charge in [-0.2, -0.15) is 0 Å². The molecule has 6 nitrogen and oxygen atoms in total. The number of carbonyl (C=O) groups excluding carboxylic acids is 1. The Bertz CT molecular complexity index is 820. The van der Waals surface area contributed by atoms with Gasteiger partial charge in [-0.1, -0.05) is 11.8 Å². The molecule has 27 heavy (non-hydrogen) atoms. The fourth-order valence-corrected chi connectivity index (χ4v) is 2.32. The molecular weight excluding hydrogens is 348 g/mol. The minimum atomic E-state index is -0.598. The summed E-state index contributed by atoms with van der Waals surface area (Å²) < 4.78 is 26.3. The van der Waals surface area contributed by atoms with Crippen molar-refractivity contribution in [2.45, 2.75) is 13.0 Å². The van der Waals surface area contributed by atoms with E-state index in [4.69, 9.17) is 23.7 Å². The molecule has 0 aliphatic heterocycles. The maximum atomic E-state index is 12.2. The van der Waals surface area contributed by atoms with Crippen LogP contribution in [0, 0.1) is 11.8 Å². The predicted octanol–water partition coefficient (Wildman–Crippen LogP) is 3.32. The molecule has 1 atom stereocenters. The van der Waals surface area contributed by atoms with Gasteiger partial charge >= 0.3 is 5.97 Å². The first-order valence-electron chi connectivity index (χ1n) is 8.19. The Hall–Kier alpha value is -3.33. The minimum Gasteiger partial charge on any atom is -0.497 e. The first kappa shape index (κ1) is 20.0. The van der Waals surface area contributed by atoms with Crippen LogP contribution in [0.1, 0.15) is 22.8 Å². The van der Waals surface area contributed by atoms with Gasteiger partial charge < -0.3 is 23.7 Å². The second-order valence-electron chi connectivity index (χ2n) is 5.46. The highest BCUT2D eigenvalue weighted by Gasteiger charge is 2.13. The second-order valence-corrected chi connectivity index (χ2v) is 5.46. The Labute approximate surface area is 159 Å². The smallest absolute Gasteiger partial charge is 0.339 e. The molecule has 0 aromatic heterocycles. The molecule has 2 rings (SSSR count). The van der Waals surface area contributed by atoms with E-state index in [2.05, 4.69) is 11.8 Å². The van der Waals surface area contributed by atoms with Gasteiger partial charge in [0.1, 0.15) is 5.75 Å². The van der Waals surface area contributed by atoms with Gasteiger partial charge in [-0.25, -0.2) is 4.79 Å². The number of hydrogen-bond acceptors (Lipinski definition) is 6. The number of benzene rings is 2. The zero-order valence-electron chi connectivity index (χ0n) is 16.0. The van der Waals surface area contributed by atoms with E-state index < -0.39 is 12.1 Å². The molecule has 0 spiro atoms. The third-order valence-corrected chi connectivity index (χ3v) is 3.69. The normalized spacial score (nSPS) is 10.9. The lowest BCUT2D eigenvalue weighted by atomic mass is 10.1. The molecule has 0 amide bonds. The molecule has 2 aromatic rings. The number of rotatable bonds is 6. The summed E-state index contributed by atoms with van der Waals surface area (Å²) in [5.74, 6) is 7.56. The Morgan fingerprint density at radius 3 is 1.96 bits per heavy atom. The highest BCUT2D eigenvalue weighted by molar-refractivity contribution is 5.89. The average molecular weight is 370 g/mol. The minimum absolute atomic E-state index is 0.428. The highest BCUT2D eigenvalue weighted by atomic mass is 16.5. The van der Waals surface area contributed by atoms with E-state index in [1.807, 2.05) is 0 Å². The van der Waals surface area contributed by atoms with Crippen molar-refractivity contribution in [2.75, 3.05) is 28.4 Å². The van der Waals surface area contributed by atoms with Crippen LogP contribution in [0.5, 0.6) is 23.0 Å². The van der Waals surface area contributed by atoms with Crippen LogP contribution in [-0.2, 0) is 4.74 Å². The zero-order valence-corrected chi connectivity index (χ0v) is 16.0. The number of ether oxygens (including phenoxy) is 5. The Morgan fingerprint density at radius 1 is 0.889 bits per heavy atom. The van der Waals surface area contributed by atoms with E-state index in [1.165, 1.54) is 21.3 Å². The molecule has 0 saturated carbocycles. The summed E-state index contributed by atoms with van der Waals surface area (Å²) in [5, 5.41) is 0. The van der Waals surface area contributed by atoms with E-state index in [0.29, 0.717) is 34.1 Å². The second kappa shape index (κ2) is 9.39. The van der Waals surface area contributed by atoms with Gasteiger partial charge in [0.25, 0.3) is 0 Å². The zero-order chi connectivity index (χ0) is 19.8. The Morgan fingerprint density at radius 2 is 1.48 bits per heavy atom. The van der Waals surface area contributed by atoms with Gasteiger partial charge in [-0.15, -0.1) is 0 Å². The van der Waals surface area contributed by atoms with Crippen molar-refractivity contribution < 1.29 is 28.5 Å². The molecule has 6 heteroatoms. The molecule has 0 aliphatic rings. The SMILES string of the molecule is COc1ccc(C(=O)O[C@@H](C)C#Cc2cc(OC)c(OC)c(OC)c2)cc1. The lowest BCUT2D eigenvalue weighted by molar-refractivity contribution is 0.0438. The summed E-state index contributed by atoms with van der Waals surface area (Å²) in [6.45, 7) is 1.70. The number of carbonyl (C=O) groups is 1. The maximum absolute atomic E-state index is 12.2. The quantitative estimate of drug-likeness (QED) is 0.574. The topological polar surface area (TPSA) is 63.2 Å². The molecule has 0 heterocycles. The van der Waals surface area contributed by atoms with Crippen molar-refractivity contribution in [1.29, 1.82) is 0 Å². The highest BCUT2D eigenvalue weighted by Crippen LogP contribution is 2.37. The monoisotopic (exact) mass is 370 g/mol. The van der Waals surface area contributed by atoms with Crippen LogP contribution < -0.4 is 18.9 Å². The summed E-state index contributed by atoms with van der Waals surface area (Å²) >= 11 is 0. The Balaban J connectivity index is 2.13. The van der Waals surface area contributed by atoms with E-state index in [9.17, 15) is 4.79 Å². The molecule has 2 aromatic carbocycles. The lowest BCUT2D eigenvalue weighted by Crippen LogP contribution is -2.13. The van der Waals surface area contributed by atoms with Crippen LogP contribution in [0.3, 0.4) is 0 Å². The van der Waals surface area contributed by atoms with Crippen molar-refractivity contribution >= 4 is 5.97 Å². The van der Waals surface area contributed by atoms with Crippen LogP contribution >= 0.6 is 0 Å². The largest absolute Gasteiger partial charge is 0.497 e. The molecule has 142 valence electrons. The van der Waals surface area contributed by atoms with E-state index >= 15 is 0 Å². The molecule has 0 unspecified atom stereocenters. The molecule has 0 radical (unpaired) electrons. The molecule has 0 aliphatic carbocycles. The number of esters is 1. The fourth-order valence-electron chi connectivity index (χ4n) is 2.32. The van der Waals surface area contributed by atoms with Gasteiger partial charge in [0.15, 0.2) is 17.6 Å². The lowest BCUT2D eigenvalue weighted by Gasteiger charge is -2.12. The average Bonchev–Trinajstić information content (AvgIpc) is 2.71. The van der Waals surface area contributed by atoms with Crippen molar-refractivity contribution in [3.63, 3.8) is 0 Å². The third-order valence-electron chi connectivity index (χ3n) is 3.69. The number of hydrogen-bond donors (Lipinski definition) is 0. The first-order valence-corrected chi connectivity index (χ1v) is 8.19. The summed E-state index contributed by atoms with van der Waals surface area (Å²) in [7, 11) is 6.17. The standard InChI is InChI=1S/C21H22O6/c1-14(27-21(22)16-8-10-17(23-2)11-9-16)6-7-15-12-18(24-3)20(26-5)19(13-15)25-4/h8-14H,1-5H3/t14-/m0/s1. The summed E-state index contributed by atoms with van der Waals surface area (Å²) in [6.07, 6.45) is -0.598. The molecule has 0 fully saturated rings. The predicted molar refractivity (Wildman–Crippen MR) is 101 cm³/mol. The van der Waals surface area contributed by atoms with E-state index in [0.717, 1.165) is 0 Å². The molecular formula is C21H22O6. The maximum Gasteiger partial charge on any atom is 0.339 e. The summed E-state index contributed by atoms with van der Waals surface area (Å²) in [6, 6.07) is 10.1. The van der Waals surface area contributed by atoms with Crippen LogP contribution in [0.2, 0.25) is 0 Å². The summed E-state index contributed by atoms with van der Waals surface area (Å²) in [5.41, 5.74) is 1.08. The molecule has 0 saturated heterocycles. The van der Waals surface area contributed by atoms with Gasteiger partial charge in [0.05, 0.1) is 34.0 Å². The number of methoxy groups -OCH3 is 4. The van der Waals surface area contributed by atoms with Crippen LogP contribution in [0.4, 0.5) is 0 Å². The third kappa shape index (κ3) is 5.08. The van der Waals surface area contributed by atoms with Crippen molar-refractivity contribution in [2.24, 2.45) is 0 Å². The van der Waals surface area contributed by atoms with Crippen LogP contribution in [0.15, 0.2) is 36.4 Å². The summed E-state index contributed by atoms with van der Waals surface area (Å²) in [4.78, 5) is 12.2. The van der Waals surface area contributed by atoms with E-state index in [1.54, 1.807) is 50.4 Å². The molecule has 0 bridgehead atoms. The van der Waals surface area contributed by atoms with Crippen molar-refractivity contribution in [1.82, 2.24) is 0 Å². The molecule has 0 N–H and O–H groups in total. The first-order chi connectivity index (χ1) is 13.0. The van der Waals surface area contributed by atoms with Crippen molar-refractivity contribution in [3.05, 3.63) is 47.5 Å². The van der Waals surface area contributed by atoms with E-state index in [-0.39, 0.29) is 0 Å².